The molecule has 0 radical (unpaired) electrons. The Kier molecular flexibility index (Phi) is 15.8. The van der Waals surface area contributed by atoms with Crippen LogP contribution in [0.1, 0.15) is 109 Å². The molecule has 11 heteroatoms. The number of epoxide rings is 2. The molecule has 0 amide bonds. The molecule has 2 unspecified atom stereocenters. The van der Waals surface area contributed by atoms with Crippen molar-refractivity contribution in [2.75, 3.05) is 19.8 Å². The molecule has 6 aliphatic rings. The number of rotatable bonds is 13. The second kappa shape index (κ2) is 22.2. The second-order valence-electron chi connectivity index (χ2n) is 20.2. The van der Waals surface area contributed by atoms with Gasteiger partial charge in [0.05, 0.1) is 43.9 Å². The van der Waals surface area contributed by atoms with Crippen molar-refractivity contribution in [2.45, 2.75) is 127 Å². The topological polar surface area (TPSA) is 86.9 Å². The first-order valence-electron chi connectivity index (χ1n) is 25.0. The number of hydrogen-bond donors (Lipinski definition) is 0. The van der Waals surface area contributed by atoms with E-state index in [9.17, 15) is 27.2 Å². The molecule has 0 N–H and O–H groups in total. The maximum atomic E-state index is 13.5. The highest BCUT2D eigenvalue weighted by Gasteiger charge is 2.37. The van der Waals surface area contributed by atoms with Crippen LogP contribution < -0.4 is 9.47 Å². The molecule has 4 saturated carbocycles. The van der Waals surface area contributed by atoms with Gasteiger partial charge in [-0.15, -0.1) is 0 Å². The Morgan fingerprint density at radius 1 is 0.448 bits per heavy atom. The van der Waals surface area contributed by atoms with Crippen molar-refractivity contribution in [1.82, 2.24) is 0 Å². The molecule has 67 heavy (non-hydrogen) atoms. The van der Waals surface area contributed by atoms with Crippen LogP contribution >= 0.6 is 0 Å². The Labute approximate surface area is 392 Å². The van der Waals surface area contributed by atoms with Gasteiger partial charge in [0.15, 0.2) is 23.3 Å². The highest BCUT2D eigenvalue weighted by Crippen LogP contribution is 2.44. The first kappa shape index (κ1) is 47.5. The average Bonchev–Trinajstić information content (AvgIpc) is 4.32. The second-order valence-corrected chi connectivity index (χ2v) is 20.2. The SMILES string of the molecule is O=C(Oc1ccc(-c2ccc(F)c(F)c2)cc1)C1CCC(C2CCC(CC3CO3)CC2)CC1.O=C(Oc1ccc(-c2ccc(F)c(F)c2)cc1)C1CCC(C2CCC(OCC3CO3)CC2)CC1. The van der Waals surface area contributed by atoms with Gasteiger partial charge in [-0.25, -0.2) is 17.6 Å². The van der Waals surface area contributed by atoms with Gasteiger partial charge in [0.2, 0.25) is 0 Å². The van der Waals surface area contributed by atoms with E-state index < -0.39 is 23.3 Å². The van der Waals surface area contributed by atoms with E-state index in [0.29, 0.717) is 46.9 Å². The van der Waals surface area contributed by atoms with E-state index in [1.165, 1.54) is 63.1 Å². The molecule has 2 atom stereocenters. The van der Waals surface area contributed by atoms with Crippen LogP contribution in [0.25, 0.3) is 22.3 Å². The Hall–Kier alpha value is -4.58. The number of carbonyl (C=O) groups is 2. The third kappa shape index (κ3) is 13.1. The predicted molar refractivity (Wildman–Crippen MR) is 247 cm³/mol. The Morgan fingerprint density at radius 2 is 0.821 bits per heavy atom. The zero-order valence-corrected chi connectivity index (χ0v) is 38.4. The van der Waals surface area contributed by atoms with Gasteiger partial charge in [-0.1, -0.05) is 49.2 Å². The fourth-order valence-electron chi connectivity index (χ4n) is 11.4. The number of benzene rings is 4. The summed E-state index contributed by atoms with van der Waals surface area (Å²) in [6.45, 7) is 2.57. The highest BCUT2D eigenvalue weighted by atomic mass is 19.2. The fourth-order valence-corrected chi connectivity index (χ4v) is 11.4. The van der Waals surface area contributed by atoms with Crippen molar-refractivity contribution in [2.24, 2.45) is 41.4 Å². The predicted octanol–water partition coefficient (Wildman–Crippen LogP) is 13.3. The third-order valence-electron chi connectivity index (χ3n) is 15.7. The van der Waals surface area contributed by atoms with Crippen LogP contribution in [-0.4, -0.2) is 50.1 Å². The summed E-state index contributed by atoms with van der Waals surface area (Å²) in [5.41, 5.74) is 2.64. The van der Waals surface area contributed by atoms with E-state index in [4.69, 9.17) is 23.7 Å². The van der Waals surface area contributed by atoms with Crippen molar-refractivity contribution < 1.29 is 50.8 Å². The molecule has 0 aromatic heterocycles. The van der Waals surface area contributed by atoms with E-state index in [1.807, 2.05) is 0 Å². The minimum atomic E-state index is -0.881. The molecule has 6 fully saturated rings. The van der Waals surface area contributed by atoms with E-state index in [-0.39, 0.29) is 23.8 Å². The summed E-state index contributed by atoms with van der Waals surface area (Å²) in [4.78, 5) is 25.4. The number of esters is 2. The molecule has 7 nitrogen and oxygen atoms in total. The molecular formula is C56H64F4O7. The molecule has 358 valence electrons. The zero-order valence-electron chi connectivity index (χ0n) is 38.4. The van der Waals surface area contributed by atoms with Gasteiger partial charge in [-0.3, -0.25) is 9.59 Å². The van der Waals surface area contributed by atoms with E-state index in [2.05, 4.69) is 0 Å². The molecule has 2 aliphatic heterocycles. The summed E-state index contributed by atoms with van der Waals surface area (Å²) in [5.74, 6) is 0.952. The summed E-state index contributed by atoms with van der Waals surface area (Å²) in [5, 5.41) is 0. The van der Waals surface area contributed by atoms with Gasteiger partial charge < -0.3 is 23.7 Å². The first-order chi connectivity index (χ1) is 32.6. The summed E-state index contributed by atoms with van der Waals surface area (Å²) in [6.07, 6.45) is 20.6. The molecule has 4 aromatic rings. The molecule has 4 aromatic carbocycles. The summed E-state index contributed by atoms with van der Waals surface area (Å²) in [6, 6.07) is 21.5. The maximum Gasteiger partial charge on any atom is 0.314 e. The Bertz CT molecular complexity index is 2250. The first-order valence-corrected chi connectivity index (χ1v) is 25.0. The molecule has 2 saturated heterocycles. The van der Waals surface area contributed by atoms with Gasteiger partial charge in [-0.05, 0) is 197 Å². The largest absolute Gasteiger partial charge is 0.426 e. The minimum Gasteiger partial charge on any atom is -0.426 e. The van der Waals surface area contributed by atoms with Crippen LogP contribution in [0.2, 0.25) is 0 Å². The number of halogens is 4. The van der Waals surface area contributed by atoms with E-state index in [1.54, 1.807) is 48.5 Å². The lowest BCUT2D eigenvalue weighted by molar-refractivity contribution is -0.141. The number of carbonyl (C=O) groups excluding carboxylic acids is 2. The van der Waals surface area contributed by atoms with Gasteiger partial charge >= 0.3 is 11.9 Å². The number of hydrogen-bond acceptors (Lipinski definition) is 7. The van der Waals surface area contributed by atoms with Crippen molar-refractivity contribution in [3.8, 4) is 33.8 Å². The van der Waals surface area contributed by atoms with Crippen molar-refractivity contribution in [3.63, 3.8) is 0 Å². The van der Waals surface area contributed by atoms with Crippen molar-refractivity contribution in [3.05, 3.63) is 108 Å². The monoisotopic (exact) mass is 924 g/mol. The molecule has 4 aliphatic carbocycles. The zero-order chi connectivity index (χ0) is 46.3. The van der Waals surface area contributed by atoms with Crippen LogP contribution in [0, 0.1) is 64.7 Å². The Balaban J connectivity index is 0.000000168. The average molecular weight is 925 g/mol. The Morgan fingerprint density at radius 3 is 1.21 bits per heavy atom. The summed E-state index contributed by atoms with van der Waals surface area (Å²) >= 11 is 0. The standard InChI is InChI=1S/C28H32F2O4.C28H32F2O3/c29-26-14-9-22(15-27(26)30)20-7-12-24(13-8-20)34-28(31)21-3-1-18(2-4-21)19-5-10-23(11-6-19)32-16-25-17-33-25;29-26-14-11-23(16-27(26)30)21-9-12-24(13-10-21)33-28(31)22-7-5-20(6-8-22)19-3-1-18(2-4-19)15-25-17-32-25/h7-9,12-15,18-19,21,23,25H,1-6,10-11,16-17H2;9-14,16,18-20,22,25H,1-8,15,17H2. The van der Waals surface area contributed by atoms with Gasteiger partial charge in [-0.2, -0.15) is 0 Å². The number of ether oxygens (including phenoxy) is 5. The van der Waals surface area contributed by atoms with Gasteiger partial charge in [0.25, 0.3) is 0 Å². The third-order valence-corrected chi connectivity index (χ3v) is 15.7. The van der Waals surface area contributed by atoms with E-state index >= 15 is 0 Å². The maximum absolute atomic E-state index is 13.5. The van der Waals surface area contributed by atoms with Crippen LogP contribution in [0.15, 0.2) is 84.9 Å². The molecule has 0 bridgehead atoms. The fraction of sp³-hybridized carbons (Fsp3) is 0.536. The van der Waals surface area contributed by atoms with Gasteiger partial charge in [0, 0.05) is 0 Å². The molecule has 0 spiro atoms. The van der Waals surface area contributed by atoms with Gasteiger partial charge in [0.1, 0.15) is 17.6 Å². The van der Waals surface area contributed by atoms with Crippen LogP contribution in [0.3, 0.4) is 0 Å². The normalized spacial score (nSPS) is 29.2. The summed E-state index contributed by atoms with van der Waals surface area (Å²) < 4.78 is 81.2. The quantitative estimate of drug-likeness (QED) is 0.0571. The van der Waals surface area contributed by atoms with Crippen molar-refractivity contribution >= 4 is 11.9 Å². The van der Waals surface area contributed by atoms with Crippen LogP contribution in [0.4, 0.5) is 17.6 Å². The van der Waals surface area contributed by atoms with E-state index in [0.717, 1.165) is 137 Å². The minimum absolute atomic E-state index is 0.0320. The lowest BCUT2D eigenvalue weighted by Crippen LogP contribution is -2.31. The molecule has 2 heterocycles. The smallest absolute Gasteiger partial charge is 0.314 e. The van der Waals surface area contributed by atoms with Crippen LogP contribution in [-0.2, 0) is 23.8 Å². The highest BCUT2D eigenvalue weighted by molar-refractivity contribution is 5.76. The van der Waals surface area contributed by atoms with Crippen molar-refractivity contribution in [1.29, 1.82) is 0 Å². The lowest BCUT2D eigenvalue weighted by atomic mass is 9.68. The molecule has 10 rings (SSSR count). The lowest BCUT2D eigenvalue weighted by Gasteiger charge is -2.37. The van der Waals surface area contributed by atoms with Crippen LogP contribution in [0.5, 0.6) is 11.5 Å². The molecular weight excluding hydrogens is 861 g/mol. The summed E-state index contributed by atoms with van der Waals surface area (Å²) in [7, 11) is 0.